The Kier molecular flexibility index (Phi) is 8.67. The lowest BCUT2D eigenvalue weighted by molar-refractivity contribution is -0.118. The van der Waals surface area contributed by atoms with Crippen LogP contribution >= 0.6 is 12.2 Å². The van der Waals surface area contributed by atoms with Gasteiger partial charge < -0.3 is 24.8 Å². The lowest BCUT2D eigenvalue weighted by Crippen LogP contribution is -2.29. The first-order chi connectivity index (χ1) is 21.9. The van der Waals surface area contributed by atoms with E-state index in [0.717, 1.165) is 17.8 Å². The zero-order valence-corrected chi connectivity index (χ0v) is 26.8. The second-order valence-corrected chi connectivity index (χ2v) is 11.7. The summed E-state index contributed by atoms with van der Waals surface area (Å²) >= 11 is 5.99. The molecule has 2 atom stereocenters. The number of nitrogens with one attached hydrogen (secondary N) is 2. The summed E-state index contributed by atoms with van der Waals surface area (Å²) in [6, 6.07) is 31.6. The van der Waals surface area contributed by atoms with Crippen LogP contribution in [-0.4, -0.2) is 27.2 Å². The van der Waals surface area contributed by atoms with Gasteiger partial charge in [-0.25, -0.2) is 0 Å². The second kappa shape index (κ2) is 13.0. The number of pyridine rings is 1. The monoisotopic (exact) mass is 615 g/mol. The number of anilines is 2. The van der Waals surface area contributed by atoms with E-state index in [1.54, 1.807) is 0 Å². The van der Waals surface area contributed by atoms with E-state index >= 15 is 0 Å². The molecule has 1 saturated heterocycles. The van der Waals surface area contributed by atoms with Gasteiger partial charge in [-0.05, 0) is 111 Å². The zero-order chi connectivity index (χ0) is 31.5. The minimum atomic E-state index is -0.229. The number of para-hydroxylation sites is 2. The van der Waals surface area contributed by atoms with Crippen LogP contribution in [0.4, 0.5) is 11.4 Å². The van der Waals surface area contributed by atoms with Crippen molar-refractivity contribution in [2.75, 3.05) is 16.8 Å². The van der Waals surface area contributed by atoms with Crippen LogP contribution in [0.2, 0.25) is 0 Å². The molecule has 0 spiro atoms. The molecule has 0 aliphatic carbocycles. The number of carbonyl (C=O) groups excluding carboxylic acids is 1. The van der Waals surface area contributed by atoms with Gasteiger partial charge in [0.2, 0.25) is 0 Å². The summed E-state index contributed by atoms with van der Waals surface area (Å²) in [6.45, 7) is 8.67. The largest absolute Gasteiger partial charge is 0.484 e. The van der Waals surface area contributed by atoms with Crippen molar-refractivity contribution in [2.45, 2.75) is 46.2 Å². The van der Waals surface area contributed by atoms with E-state index in [0.29, 0.717) is 16.5 Å². The van der Waals surface area contributed by atoms with Gasteiger partial charge in [0.15, 0.2) is 11.7 Å². The standard InChI is InChI=1S/C37H37N5O2S/c1-5-27-13-11-12-24(2)35(27)41-25(3)22-31(26(41)4)36-34(32-16-9-10-21-38-32)40-37(45)42(36)29-19-17-28(18-20-29)39-33(43)23-44-30-14-7-6-8-15-30/h6-22,34,36H,5,23H2,1-4H3,(H,39,43)(H,40,45)/t34-,36-/m0/s1. The van der Waals surface area contributed by atoms with Crippen LogP contribution in [0.1, 0.15) is 52.8 Å². The molecule has 0 saturated carbocycles. The van der Waals surface area contributed by atoms with Gasteiger partial charge in [0, 0.05) is 29.0 Å². The van der Waals surface area contributed by atoms with Gasteiger partial charge in [0.1, 0.15) is 5.75 Å². The normalized spacial score (nSPS) is 16.0. The summed E-state index contributed by atoms with van der Waals surface area (Å²) in [5, 5.41) is 7.13. The molecule has 2 aromatic heterocycles. The summed E-state index contributed by atoms with van der Waals surface area (Å²) < 4.78 is 7.98. The molecule has 2 N–H and O–H groups in total. The average molecular weight is 616 g/mol. The summed E-state index contributed by atoms with van der Waals surface area (Å²) in [5.41, 5.74) is 9.83. The SMILES string of the molecule is CCc1cccc(C)c1-n1c(C)cc([C@H]2[C@H](c3ccccn3)NC(=S)N2c2ccc(NC(=O)COc3ccccc3)cc2)c1C. The number of hydrogen-bond acceptors (Lipinski definition) is 4. The number of nitrogens with zero attached hydrogens (tertiary/aromatic N) is 3. The zero-order valence-electron chi connectivity index (χ0n) is 26.0. The maximum Gasteiger partial charge on any atom is 0.262 e. The fraction of sp³-hybridized carbons (Fsp3) is 0.216. The molecular formula is C37H37N5O2S. The number of aromatic nitrogens is 2. The van der Waals surface area contributed by atoms with Gasteiger partial charge in [-0.15, -0.1) is 0 Å². The van der Waals surface area contributed by atoms with Gasteiger partial charge in [-0.2, -0.15) is 0 Å². The molecule has 1 aliphatic heterocycles. The molecule has 228 valence electrons. The van der Waals surface area contributed by atoms with E-state index in [4.69, 9.17) is 21.9 Å². The van der Waals surface area contributed by atoms with E-state index < -0.39 is 0 Å². The molecule has 1 aliphatic rings. The number of rotatable bonds is 9. The highest BCUT2D eigenvalue weighted by Crippen LogP contribution is 2.44. The van der Waals surface area contributed by atoms with E-state index in [2.05, 4.69) is 72.1 Å². The number of thiocarbonyl (C=S) groups is 1. The molecule has 8 heteroatoms. The summed E-state index contributed by atoms with van der Waals surface area (Å²) in [4.78, 5) is 19.5. The van der Waals surface area contributed by atoms with Crippen LogP contribution in [0.25, 0.3) is 5.69 Å². The van der Waals surface area contributed by atoms with Crippen molar-refractivity contribution in [2.24, 2.45) is 0 Å². The van der Waals surface area contributed by atoms with Crippen molar-refractivity contribution in [3.63, 3.8) is 0 Å². The predicted octanol–water partition coefficient (Wildman–Crippen LogP) is 7.55. The van der Waals surface area contributed by atoms with E-state index in [9.17, 15) is 4.79 Å². The number of hydrogen-bond donors (Lipinski definition) is 2. The molecule has 1 fully saturated rings. The smallest absolute Gasteiger partial charge is 0.262 e. The molecule has 0 bridgehead atoms. The van der Waals surface area contributed by atoms with Crippen molar-refractivity contribution in [3.05, 3.63) is 137 Å². The Labute approximate surface area is 269 Å². The molecular weight excluding hydrogens is 579 g/mol. The van der Waals surface area contributed by atoms with E-state index in [-0.39, 0.29) is 24.6 Å². The Balaban J connectivity index is 1.33. The van der Waals surface area contributed by atoms with Crippen LogP contribution in [0.15, 0.2) is 103 Å². The number of benzene rings is 3. The highest BCUT2D eigenvalue weighted by molar-refractivity contribution is 7.80. The van der Waals surface area contributed by atoms with E-state index in [1.807, 2.05) is 79.0 Å². The molecule has 3 heterocycles. The highest BCUT2D eigenvalue weighted by Gasteiger charge is 2.42. The number of amides is 1. The minimum Gasteiger partial charge on any atom is -0.484 e. The Morgan fingerprint density at radius 2 is 1.71 bits per heavy atom. The minimum absolute atomic E-state index is 0.0734. The Morgan fingerprint density at radius 1 is 0.956 bits per heavy atom. The highest BCUT2D eigenvalue weighted by atomic mass is 32.1. The summed E-state index contributed by atoms with van der Waals surface area (Å²) in [6.07, 6.45) is 2.77. The fourth-order valence-electron chi connectivity index (χ4n) is 6.27. The summed E-state index contributed by atoms with van der Waals surface area (Å²) in [7, 11) is 0. The fourth-order valence-corrected chi connectivity index (χ4v) is 6.62. The molecule has 5 aromatic rings. The van der Waals surface area contributed by atoms with Crippen molar-refractivity contribution in [3.8, 4) is 11.4 Å². The van der Waals surface area contributed by atoms with Gasteiger partial charge in [-0.3, -0.25) is 9.78 Å². The molecule has 45 heavy (non-hydrogen) atoms. The van der Waals surface area contributed by atoms with Gasteiger partial charge in [0.05, 0.1) is 23.5 Å². The van der Waals surface area contributed by atoms with Gasteiger partial charge >= 0.3 is 0 Å². The van der Waals surface area contributed by atoms with Gasteiger partial charge in [-0.1, -0.05) is 49.4 Å². The molecule has 7 nitrogen and oxygen atoms in total. The molecule has 6 rings (SSSR count). The molecule has 3 aromatic carbocycles. The Bertz CT molecular complexity index is 1820. The topological polar surface area (TPSA) is 71.4 Å². The molecule has 0 radical (unpaired) electrons. The first-order valence-corrected chi connectivity index (χ1v) is 15.6. The Hall–Kier alpha value is -4.95. The third kappa shape index (κ3) is 6.06. The molecule has 1 amide bonds. The van der Waals surface area contributed by atoms with Crippen molar-refractivity contribution < 1.29 is 9.53 Å². The number of ether oxygens (including phenoxy) is 1. The second-order valence-electron chi connectivity index (χ2n) is 11.3. The van der Waals surface area contributed by atoms with Crippen LogP contribution in [0.5, 0.6) is 5.75 Å². The number of carbonyl (C=O) groups is 1. The van der Waals surface area contributed by atoms with Crippen LogP contribution < -0.4 is 20.3 Å². The third-order valence-corrected chi connectivity index (χ3v) is 8.67. The maximum atomic E-state index is 12.6. The maximum absolute atomic E-state index is 12.6. The van der Waals surface area contributed by atoms with Crippen molar-refractivity contribution in [1.29, 1.82) is 0 Å². The van der Waals surface area contributed by atoms with Crippen LogP contribution in [0.3, 0.4) is 0 Å². The summed E-state index contributed by atoms with van der Waals surface area (Å²) in [5.74, 6) is 0.424. The van der Waals surface area contributed by atoms with Crippen molar-refractivity contribution >= 4 is 34.6 Å². The molecule has 0 unspecified atom stereocenters. The lowest BCUT2D eigenvalue weighted by Gasteiger charge is -2.28. The van der Waals surface area contributed by atoms with Crippen LogP contribution in [-0.2, 0) is 11.2 Å². The average Bonchev–Trinajstić information content (AvgIpc) is 3.55. The van der Waals surface area contributed by atoms with Crippen molar-refractivity contribution in [1.82, 2.24) is 14.9 Å². The first kappa shape index (κ1) is 30.1. The lowest BCUT2D eigenvalue weighted by atomic mass is 9.96. The predicted molar refractivity (Wildman–Crippen MR) is 184 cm³/mol. The van der Waals surface area contributed by atoms with E-state index in [1.165, 1.54) is 33.8 Å². The number of aryl methyl sites for hydroxylation is 3. The Morgan fingerprint density at radius 3 is 2.42 bits per heavy atom. The van der Waals surface area contributed by atoms with Gasteiger partial charge in [0.25, 0.3) is 5.91 Å². The van der Waals surface area contributed by atoms with Crippen LogP contribution in [0, 0.1) is 20.8 Å². The quantitative estimate of drug-likeness (QED) is 0.167. The third-order valence-electron chi connectivity index (χ3n) is 8.36. The first-order valence-electron chi connectivity index (χ1n) is 15.2.